The first-order valence-corrected chi connectivity index (χ1v) is 4.86. The zero-order valence-corrected chi connectivity index (χ0v) is 9.01. The molecule has 1 rings (SSSR count). The van der Waals surface area contributed by atoms with Gasteiger partial charge in [-0.2, -0.15) is 0 Å². The molecule has 78 valence electrons. The predicted molar refractivity (Wildman–Crippen MR) is 55.8 cm³/mol. The number of hydrogen-bond donors (Lipinski definition) is 0. The molecular weight excluding hydrogens is 179 g/mol. The number of ether oxygens (including phenoxy) is 1. The van der Waals surface area contributed by atoms with Crippen molar-refractivity contribution in [2.75, 3.05) is 6.61 Å². The van der Waals surface area contributed by atoms with Gasteiger partial charge in [0.05, 0.1) is 12.2 Å². The molecule has 0 bridgehead atoms. The third-order valence-corrected chi connectivity index (χ3v) is 1.81. The van der Waals surface area contributed by atoms with Gasteiger partial charge in [-0.1, -0.05) is 12.1 Å². The molecule has 0 fully saturated rings. The molecule has 1 aromatic rings. The van der Waals surface area contributed by atoms with E-state index >= 15 is 0 Å². The van der Waals surface area contributed by atoms with Crippen LogP contribution in [0.1, 0.15) is 26.3 Å². The van der Waals surface area contributed by atoms with Crippen molar-refractivity contribution >= 4 is 0 Å². The highest BCUT2D eigenvalue weighted by Gasteiger charge is 2.09. The third kappa shape index (κ3) is 4.38. The van der Waals surface area contributed by atoms with E-state index in [1.54, 1.807) is 12.1 Å². The molecule has 0 aliphatic carbocycles. The Balaban J connectivity index is 2.39. The molecule has 0 unspecified atom stereocenters. The second-order valence-electron chi connectivity index (χ2n) is 4.34. The molecule has 2 heteroatoms. The Morgan fingerprint density at radius 1 is 1.29 bits per heavy atom. The van der Waals surface area contributed by atoms with E-state index in [2.05, 4.69) is 0 Å². The van der Waals surface area contributed by atoms with Gasteiger partial charge >= 0.3 is 0 Å². The average molecular weight is 196 g/mol. The number of benzene rings is 1. The van der Waals surface area contributed by atoms with Crippen LogP contribution in [-0.4, -0.2) is 12.2 Å². The lowest BCUT2D eigenvalue weighted by molar-refractivity contribution is -0.000989. The van der Waals surface area contributed by atoms with Crippen molar-refractivity contribution in [2.45, 2.75) is 32.8 Å². The summed E-state index contributed by atoms with van der Waals surface area (Å²) in [5.74, 6) is -0.182. The van der Waals surface area contributed by atoms with Gasteiger partial charge in [0, 0.05) is 0 Å². The highest BCUT2D eigenvalue weighted by molar-refractivity contribution is 5.16. The van der Waals surface area contributed by atoms with Crippen LogP contribution in [0, 0.1) is 5.82 Å². The first-order valence-electron chi connectivity index (χ1n) is 4.86. The number of rotatable bonds is 3. The van der Waals surface area contributed by atoms with E-state index in [1.807, 2.05) is 26.8 Å². The summed E-state index contributed by atoms with van der Waals surface area (Å²) in [5.41, 5.74) is 0.863. The first kappa shape index (κ1) is 11.2. The molecule has 1 aromatic carbocycles. The molecule has 0 atom stereocenters. The average Bonchev–Trinajstić information content (AvgIpc) is 2.01. The molecule has 0 saturated heterocycles. The van der Waals surface area contributed by atoms with E-state index in [0.29, 0.717) is 6.61 Å². The van der Waals surface area contributed by atoms with Crippen LogP contribution in [0.3, 0.4) is 0 Å². The standard InChI is InChI=1S/C12H17FO/c1-12(2,3)14-8-7-10-5-4-6-11(13)9-10/h4-6,9H,7-8H2,1-3H3. The highest BCUT2D eigenvalue weighted by Crippen LogP contribution is 2.09. The van der Waals surface area contributed by atoms with Gasteiger partial charge in [0.2, 0.25) is 0 Å². The lowest BCUT2D eigenvalue weighted by Crippen LogP contribution is -2.20. The van der Waals surface area contributed by atoms with Gasteiger partial charge in [-0.15, -0.1) is 0 Å². The fourth-order valence-corrected chi connectivity index (χ4v) is 1.17. The summed E-state index contributed by atoms with van der Waals surface area (Å²) < 4.78 is 18.3. The van der Waals surface area contributed by atoms with Gasteiger partial charge in [0.1, 0.15) is 5.82 Å². The molecule has 0 aromatic heterocycles. The van der Waals surface area contributed by atoms with E-state index < -0.39 is 0 Å². The monoisotopic (exact) mass is 196 g/mol. The summed E-state index contributed by atoms with van der Waals surface area (Å²) in [5, 5.41) is 0. The number of halogens is 1. The Bertz CT molecular complexity index is 289. The van der Waals surface area contributed by atoms with Crippen molar-refractivity contribution in [3.63, 3.8) is 0 Å². The van der Waals surface area contributed by atoms with Gasteiger partial charge < -0.3 is 4.74 Å². The second kappa shape index (κ2) is 4.56. The van der Waals surface area contributed by atoms with E-state index in [1.165, 1.54) is 6.07 Å². The smallest absolute Gasteiger partial charge is 0.123 e. The maximum Gasteiger partial charge on any atom is 0.123 e. The SMILES string of the molecule is CC(C)(C)OCCc1cccc(F)c1. The summed E-state index contributed by atoms with van der Waals surface area (Å²) in [7, 11) is 0. The summed E-state index contributed by atoms with van der Waals surface area (Å²) in [6.07, 6.45) is 0.759. The Morgan fingerprint density at radius 2 is 2.00 bits per heavy atom. The topological polar surface area (TPSA) is 9.23 Å². The Kier molecular flexibility index (Phi) is 3.64. The molecule has 1 nitrogen and oxygen atoms in total. The molecule has 0 aliphatic rings. The fraction of sp³-hybridized carbons (Fsp3) is 0.500. The van der Waals surface area contributed by atoms with Crippen LogP contribution in [0.2, 0.25) is 0 Å². The van der Waals surface area contributed by atoms with Gasteiger partial charge in [-0.3, -0.25) is 0 Å². The molecule has 0 spiro atoms. The molecule has 0 amide bonds. The molecule has 0 heterocycles. The summed E-state index contributed by atoms with van der Waals surface area (Å²) in [6, 6.07) is 6.64. The van der Waals surface area contributed by atoms with Crippen LogP contribution < -0.4 is 0 Å². The van der Waals surface area contributed by atoms with Crippen molar-refractivity contribution < 1.29 is 9.13 Å². The summed E-state index contributed by atoms with van der Waals surface area (Å²) in [6.45, 7) is 6.67. The lowest BCUT2D eigenvalue weighted by atomic mass is 10.1. The number of hydrogen-bond acceptors (Lipinski definition) is 1. The maximum absolute atomic E-state index is 12.8. The van der Waals surface area contributed by atoms with Crippen molar-refractivity contribution in [3.8, 4) is 0 Å². The van der Waals surface area contributed by atoms with Crippen LogP contribution in [-0.2, 0) is 11.2 Å². The normalized spacial score (nSPS) is 11.7. The largest absolute Gasteiger partial charge is 0.376 e. The summed E-state index contributed by atoms with van der Waals surface area (Å²) in [4.78, 5) is 0. The zero-order chi connectivity index (χ0) is 10.6. The molecule has 0 N–H and O–H groups in total. The summed E-state index contributed by atoms with van der Waals surface area (Å²) >= 11 is 0. The quantitative estimate of drug-likeness (QED) is 0.721. The van der Waals surface area contributed by atoms with E-state index in [0.717, 1.165) is 12.0 Å². The lowest BCUT2D eigenvalue weighted by Gasteiger charge is -2.19. The molecule has 14 heavy (non-hydrogen) atoms. The van der Waals surface area contributed by atoms with Crippen LogP contribution >= 0.6 is 0 Å². The van der Waals surface area contributed by atoms with Crippen LogP contribution in [0.25, 0.3) is 0 Å². The molecular formula is C12H17FO. The van der Waals surface area contributed by atoms with Gasteiger partial charge in [0.15, 0.2) is 0 Å². The van der Waals surface area contributed by atoms with Crippen molar-refractivity contribution in [1.82, 2.24) is 0 Å². The van der Waals surface area contributed by atoms with Crippen LogP contribution in [0.5, 0.6) is 0 Å². The minimum Gasteiger partial charge on any atom is -0.376 e. The Labute approximate surface area is 84.9 Å². The maximum atomic E-state index is 12.8. The minimum absolute atomic E-state index is 0.118. The van der Waals surface area contributed by atoms with Gasteiger partial charge in [-0.05, 0) is 44.9 Å². The van der Waals surface area contributed by atoms with Crippen molar-refractivity contribution in [3.05, 3.63) is 35.6 Å². The highest BCUT2D eigenvalue weighted by atomic mass is 19.1. The second-order valence-corrected chi connectivity index (χ2v) is 4.34. The van der Waals surface area contributed by atoms with E-state index in [9.17, 15) is 4.39 Å². The van der Waals surface area contributed by atoms with Crippen LogP contribution in [0.15, 0.2) is 24.3 Å². The Hall–Kier alpha value is -0.890. The van der Waals surface area contributed by atoms with Crippen LogP contribution in [0.4, 0.5) is 4.39 Å². The predicted octanol–water partition coefficient (Wildman–Crippen LogP) is 3.18. The van der Waals surface area contributed by atoms with Gasteiger partial charge in [0.25, 0.3) is 0 Å². The third-order valence-electron chi connectivity index (χ3n) is 1.81. The fourth-order valence-electron chi connectivity index (χ4n) is 1.17. The van der Waals surface area contributed by atoms with Crippen molar-refractivity contribution in [2.24, 2.45) is 0 Å². The molecule has 0 aliphatic heterocycles. The van der Waals surface area contributed by atoms with E-state index in [4.69, 9.17) is 4.74 Å². The van der Waals surface area contributed by atoms with Gasteiger partial charge in [-0.25, -0.2) is 4.39 Å². The Morgan fingerprint density at radius 3 is 2.57 bits per heavy atom. The molecule has 0 radical (unpaired) electrons. The zero-order valence-electron chi connectivity index (χ0n) is 9.01. The first-order chi connectivity index (χ1) is 6.47. The van der Waals surface area contributed by atoms with Crippen molar-refractivity contribution in [1.29, 1.82) is 0 Å². The van der Waals surface area contributed by atoms with E-state index in [-0.39, 0.29) is 11.4 Å². The molecule has 0 saturated carbocycles. The minimum atomic E-state index is -0.182.